The van der Waals surface area contributed by atoms with Gasteiger partial charge in [-0.2, -0.15) is 0 Å². The number of ether oxygens (including phenoxy) is 4. The van der Waals surface area contributed by atoms with Crippen LogP contribution in [0.25, 0.3) is 10.9 Å². The van der Waals surface area contributed by atoms with Gasteiger partial charge in [0.15, 0.2) is 0 Å². The molecule has 1 aromatic carbocycles. The third kappa shape index (κ3) is 7.40. The Bertz CT molecular complexity index is 1370. The number of methoxy groups -OCH3 is 2. The van der Waals surface area contributed by atoms with Crippen LogP contribution in [-0.2, 0) is 25.5 Å². The van der Waals surface area contributed by atoms with Crippen LogP contribution in [0, 0.1) is 6.92 Å². The zero-order valence-electron chi connectivity index (χ0n) is 26.3. The van der Waals surface area contributed by atoms with Gasteiger partial charge in [-0.25, -0.2) is 14.6 Å². The fraction of sp³-hybridized carbons (Fsp3) is 0.576. The quantitative estimate of drug-likeness (QED) is 0.220. The Morgan fingerprint density at radius 3 is 2.67 bits per heavy atom. The van der Waals surface area contributed by atoms with Crippen LogP contribution in [0.1, 0.15) is 77.0 Å². The Kier molecular flexibility index (Phi) is 9.87. The number of rotatable bonds is 10. The molecule has 2 aliphatic heterocycles. The van der Waals surface area contributed by atoms with E-state index in [9.17, 15) is 14.4 Å². The van der Waals surface area contributed by atoms with Crippen molar-refractivity contribution in [2.24, 2.45) is 0 Å². The summed E-state index contributed by atoms with van der Waals surface area (Å²) in [5.74, 6) is 0.543. The molecule has 43 heavy (non-hydrogen) atoms. The molecule has 10 heteroatoms. The van der Waals surface area contributed by atoms with Crippen LogP contribution in [0.15, 0.2) is 30.9 Å². The molecule has 2 amide bonds. The maximum Gasteiger partial charge on any atom is 0.408 e. The lowest BCUT2D eigenvalue weighted by atomic mass is 9.87. The van der Waals surface area contributed by atoms with Crippen LogP contribution in [-0.4, -0.2) is 71.9 Å². The molecule has 3 unspecified atom stereocenters. The molecule has 1 N–H and O–H groups in total. The van der Waals surface area contributed by atoms with Crippen LogP contribution in [0.3, 0.4) is 0 Å². The average molecular weight is 596 g/mol. The van der Waals surface area contributed by atoms with Gasteiger partial charge in [-0.15, -0.1) is 6.58 Å². The van der Waals surface area contributed by atoms with Crippen molar-refractivity contribution in [3.8, 4) is 11.5 Å². The molecule has 0 bridgehead atoms. The van der Waals surface area contributed by atoms with Crippen LogP contribution in [0.4, 0.5) is 4.79 Å². The minimum absolute atomic E-state index is 0.184. The number of benzene rings is 1. The summed E-state index contributed by atoms with van der Waals surface area (Å²) >= 11 is 0. The smallest absolute Gasteiger partial charge is 0.408 e. The molecule has 1 aromatic heterocycles. The lowest BCUT2D eigenvalue weighted by Gasteiger charge is -2.36. The molecular weight excluding hydrogens is 550 g/mol. The minimum atomic E-state index is -0.864. The van der Waals surface area contributed by atoms with Crippen LogP contribution < -0.4 is 14.8 Å². The summed E-state index contributed by atoms with van der Waals surface area (Å²) in [5, 5.41) is 3.74. The number of pyridine rings is 1. The summed E-state index contributed by atoms with van der Waals surface area (Å²) in [7, 11) is 2.95. The van der Waals surface area contributed by atoms with Gasteiger partial charge in [-0.3, -0.25) is 4.79 Å². The van der Waals surface area contributed by atoms with Crippen molar-refractivity contribution in [2.45, 2.75) is 102 Å². The molecule has 2 aliphatic rings. The Labute approximate surface area is 254 Å². The number of amides is 2. The summed E-state index contributed by atoms with van der Waals surface area (Å²) in [4.78, 5) is 46.2. The molecular formula is C33H45N3O7. The molecule has 2 aromatic rings. The van der Waals surface area contributed by atoms with E-state index in [1.54, 1.807) is 27.9 Å². The van der Waals surface area contributed by atoms with Gasteiger partial charge in [-0.1, -0.05) is 18.9 Å². The van der Waals surface area contributed by atoms with E-state index in [1.807, 2.05) is 31.2 Å². The van der Waals surface area contributed by atoms with Gasteiger partial charge < -0.3 is 29.2 Å². The topological polar surface area (TPSA) is 116 Å². The largest absolute Gasteiger partial charge is 0.497 e. The first-order chi connectivity index (χ1) is 20.4. The number of likely N-dealkylation sites (tertiary alicyclic amines) is 1. The molecule has 3 atom stereocenters. The number of allylic oxidation sites excluding steroid dienone is 1. The summed E-state index contributed by atoms with van der Waals surface area (Å²) in [6.45, 7) is 11.2. The first kappa shape index (κ1) is 32.1. The van der Waals surface area contributed by atoms with Crippen molar-refractivity contribution in [1.29, 1.82) is 0 Å². The summed E-state index contributed by atoms with van der Waals surface area (Å²) in [6.07, 6.45) is 6.57. The Balaban J connectivity index is 1.61. The number of esters is 1. The van der Waals surface area contributed by atoms with Crippen molar-refractivity contribution in [3.05, 3.63) is 42.1 Å². The highest BCUT2D eigenvalue weighted by atomic mass is 16.6. The predicted octanol–water partition coefficient (Wildman–Crippen LogP) is 5.42. The number of aromatic nitrogens is 1. The van der Waals surface area contributed by atoms with E-state index < -0.39 is 35.3 Å². The number of hydrogen-bond donors (Lipinski definition) is 1. The number of aryl methyl sites for hydroxylation is 2. The number of fused-ring (bicyclic) bond motifs is 3. The second-order valence-electron chi connectivity index (χ2n) is 12.5. The third-order valence-electron chi connectivity index (χ3n) is 8.12. The third-order valence-corrected chi connectivity index (χ3v) is 8.12. The fourth-order valence-electron chi connectivity index (χ4n) is 6.06. The van der Waals surface area contributed by atoms with Gasteiger partial charge >= 0.3 is 12.1 Å². The molecule has 10 nitrogen and oxygen atoms in total. The second-order valence-corrected chi connectivity index (χ2v) is 12.5. The van der Waals surface area contributed by atoms with E-state index in [-0.39, 0.29) is 18.9 Å². The van der Waals surface area contributed by atoms with E-state index in [0.717, 1.165) is 47.2 Å². The van der Waals surface area contributed by atoms with Gasteiger partial charge in [0.05, 0.1) is 32.0 Å². The molecule has 0 aliphatic carbocycles. The summed E-state index contributed by atoms with van der Waals surface area (Å²) in [6, 6.07) is 4.07. The van der Waals surface area contributed by atoms with Gasteiger partial charge in [0.1, 0.15) is 34.8 Å². The fourth-order valence-corrected chi connectivity index (χ4v) is 6.06. The number of alkyl carbamates (subject to hydrolysis) is 1. The highest BCUT2D eigenvalue weighted by molar-refractivity contribution is 5.91. The Morgan fingerprint density at radius 1 is 1.23 bits per heavy atom. The van der Waals surface area contributed by atoms with Gasteiger partial charge in [-0.05, 0) is 78.0 Å². The highest BCUT2D eigenvalue weighted by Gasteiger charge is 2.53. The van der Waals surface area contributed by atoms with E-state index in [4.69, 9.17) is 23.9 Å². The Morgan fingerprint density at radius 2 is 2.00 bits per heavy atom. The minimum Gasteiger partial charge on any atom is -0.497 e. The summed E-state index contributed by atoms with van der Waals surface area (Å²) in [5.41, 5.74) is 1.11. The zero-order valence-corrected chi connectivity index (χ0v) is 26.3. The maximum atomic E-state index is 14.1. The number of nitrogens with one attached hydrogen (secondary N) is 1. The number of carbonyl (C=O) groups excluding carboxylic acids is 3. The van der Waals surface area contributed by atoms with Gasteiger partial charge in [0, 0.05) is 17.4 Å². The normalized spacial score (nSPS) is 20.2. The van der Waals surface area contributed by atoms with E-state index in [0.29, 0.717) is 31.4 Å². The first-order valence-corrected chi connectivity index (χ1v) is 15.1. The average Bonchev–Trinajstić information content (AvgIpc) is 3.33. The van der Waals surface area contributed by atoms with Crippen LogP contribution >= 0.6 is 0 Å². The lowest BCUT2D eigenvalue weighted by molar-refractivity contribution is -0.151. The molecule has 4 rings (SSSR count). The maximum absolute atomic E-state index is 14.1. The first-order valence-electron chi connectivity index (χ1n) is 15.1. The van der Waals surface area contributed by atoms with Crippen molar-refractivity contribution in [1.82, 2.24) is 15.2 Å². The van der Waals surface area contributed by atoms with Crippen LogP contribution in [0.5, 0.6) is 11.5 Å². The number of carbonyl (C=O) groups is 3. The SMILES string of the molecule is C=CCCCCCC(NC(=O)OC(C)(C)C)C(=O)N1CC2(CCc3c(c(C)nc4ccc(OC)cc34)O2)CC1C(=O)OC. The van der Waals surface area contributed by atoms with E-state index in [2.05, 4.69) is 11.9 Å². The summed E-state index contributed by atoms with van der Waals surface area (Å²) < 4.78 is 22.8. The molecule has 1 fully saturated rings. The van der Waals surface area contributed by atoms with Gasteiger partial charge in [0.25, 0.3) is 0 Å². The molecule has 0 radical (unpaired) electrons. The van der Waals surface area contributed by atoms with Crippen molar-refractivity contribution in [2.75, 3.05) is 20.8 Å². The van der Waals surface area contributed by atoms with Crippen molar-refractivity contribution >= 4 is 28.9 Å². The number of nitrogens with zero attached hydrogens (tertiary/aromatic N) is 2. The van der Waals surface area contributed by atoms with Crippen molar-refractivity contribution < 1.29 is 33.3 Å². The molecule has 234 valence electrons. The lowest BCUT2D eigenvalue weighted by Crippen LogP contribution is -2.53. The van der Waals surface area contributed by atoms with Gasteiger partial charge in [0.2, 0.25) is 5.91 Å². The molecule has 1 spiro atoms. The van der Waals surface area contributed by atoms with E-state index >= 15 is 0 Å². The Hall–Kier alpha value is -3.82. The number of unbranched alkanes of at least 4 members (excludes halogenated alkanes) is 3. The van der Waals surface area contributed by atoms with Crippen molar-refractivity contribution in [3.63, 3.8) is 0 Å². The molecule has 1 saturated heterocycles. The highest BCUT2D eigenvalue weighted by Crippen LogP contribution is 2.45. The van der Waals surface area contributed by atoms with E-state index in [1.165, 1.54) is 12.0 Å². The molecule has 3 heterocycles. The second kappa shape index (κ2) is 13.2. The standard InChI is InChI=1S/C33H45N3O7/c1-8-9-10-11-12-13-26(35-31(39)43-32(3,4)5)29(37)36-20-33(19-27(36)30(38)41-7)17-16-23-24-18-22(40-6)14-15-25(24)34-21(2)28(23)42-33/h8,14-15,18,26-27H,1,9-13,16-17,19-20H2,2-7H3,(H,35,39). The molecule has 0 saturated carbocycles. The predicted molar refractivity (Wildman–Crippen MR) is 163 cm³/mol. The van der Waals surface area contributed by atoms with Crippen LogP contribution in [0.2, 0.25) is 0 Å². The monoisotopic (exact) mass is 595 g/mol. The number of hydrogen-bond acceptors (Lipinski definition) is 8. The zero-order chi connectivity index (χ0) is 31.4.